The van der Waals surface area contributed by atoms with E-state index in [2.05, 4.69) is 5.32 Å². The third-order valence-corrected chi connectivity index (χ3v) is 2.15. The number of anilines is 1. The van der Waals surface area contributed by atoms with Crippen molar-refractivity contribution in [3.63, 3.8) is 0 Å². The summed E-state index contributed by atoms with van der Waals surface area (Å²) in [6.45, 7) is 1.54. The molecule has 0 aromatic heterocycles. The van der Waals surface area contributed by atoms with Crippen LogP contribution in [0.25, 0.3) is 0 Å². The number of aliphatic hydroxyl groups is 1. The third kappa shape index (κ3) is 3.17. The first-order chi connectivity index (χ1) is 7.54. The molecule has 0 aliphatic heterocycles. The summed E-state index contributed by atoms with van der Waals surface area (Å²) in [6.07, 6.45) is -4.44. The number of aliphatic hydroxyl groups excluding tert-OH is 1. The second-order valence-corrected chi connectivity index (χ2v) is 3.42. The Kier molecular flexibility index (Phi) is 4.20. The summed E-state index contributed by atoms with van der Waals surface area (Å²) in [7, 11) is 0. The van der Waals surface area contributed by atoms with Crippen LogP contribution in [0.15, 0.2) is 18.2 Å². The number of nitrogens with zero attached hydrogens (tertiary/aromatic N) is 1. The van der Waals surface area contributed by atoms with Gasteiger partial charge in [-0.2, -0.15) is 5.26 Å². The average molecular weight is 226 g/mol. The van der Waals surface area contributed by atoms with Crippen molar-refractivity contribution in [3.8, 4) is 6.07 Å². The van der Waals surface area contributed by atoms with E-state index in [9.17, 15) is 8.78 Å². The topological polar surface area (TPSA) is 56.0 Å². The van der Waals surface area contributed by atoms with Gasteiger partial charge in [-0.05, 0) is 30.7 Å². The standard InChI is InChI=1S/C11H12F2N2O/c1-7-4-9(3-2-8(7)5-14)15-6-10(16)11(12)13/h2-4,10-11,15-16H,6H2,1H3. The number of hydrogen-bond acceptors (Lipinski definition) is 3. The summed E-state index contributed by atoms with van der Waals surface area (Å²) in [5.41, 5.74) is 1.91. The predicted molar refractivity (Wildman–Crippen MR) is 56.4 cm³/mol. The number of alkyl halides is 2. The number of nitrogens with one attached hydrogen (secondary N) is 1. The Labute approximate surface area is 92.3 Å². The number of rotatable bonds is 4. The van der Waals surface area contributed by atoms with E-state index in [4.69, 9.17) is 10.4 Å². The molecule has 0 heterocycles. The van der Waals surface area contributed by atoms with Crippen molar-refractivity contribution in [2.45, 2.75) is 19.5 Å². The lowest BCUT2D eigenvalue weighted by molar-refractivity contribution is 0.00384. The number of aryl methyl sites for hydroxylation is 1. The minimum absolute atomic E-state index is 0.219. The molecule has 0 amide bonds. The molecule has 0 radical (unpaired) electrons. The van der Waals surface area contributed by atoms with Crippen LogP contribution in [0.2, 0.25) is 0 Å². The van der Waals surface area contributed by atoms with Gasteiger partial charge in [-0.15, -0.1) is 0 Å². The van der Waals surface area contributed by atoms with Crippen LogP contribution in [-0.4, -0.2) is 24.2 Å². The summed E-state index contributed by atoms with van der Waals surface area (Å²) in [6, 6.07) is 6.90. The normalized spacial score (nSPS) is 12.2. The lowest BCUT2D eigenvalue weighted by Gasteiger charge is -2.12. The quantitative estimate of drug-likeness (QED) is 0.824. The van der Waals surface area contributed by atoms with Crippen LogP contribution in [0.5, 0.6) is 0 Å². The zero-order valence-corrected chi connectivity index (χ0v) is 8.74. The van der Waals surface area contributed by atoms with Gasteiger partial charge in [0.05, 0.1) is 11.6 Å². The van der Waals surface area contributed by atoms with Gasteiger partial charge in [0.1, 0.15) is 6.10 Å². The minimum atomic E-state index is -2.76. The first-order valence-corrected chi connectivity index (χ1v) is 4.75. The van der Waals surface area contributed by atoms with Crippen LogP contribution in [0.3, 0.4) is 0 Å². The van der Waals surface area contributed by atoms with E-state index >= 15 is 0 Å². The lowest BCUT2D eigenvalue weighted by atomic mass is 10.1. The molecule has 0 saturated heterocycles. The van der Waals surface area contributed by atoms with E-state index in [0.29, 0.717) is 11.3 Å². The Morgan fingerprint density at radius 2 is 2.19 bits per heavy atom. The zero-order valence-electron chi connectivity index (χ0n) is 8.74. The monoisotopic (exact) mass is 226 g/mol. The molecule has 5 heteroatoms. The number of nitriles is 1. The van der Waals surface area contributed by atoms with Gasteiger partial charge in [-0.1, -0.05) is 0 Å². The van der Waals surface area contributed by atoms with Crippen molar-refractivity contribution in [2.75, 3.05) is 11.9 Å². The summed E-state index contributed by atoms with van der Waals surface area (Å²) in [4.78, 5) is 0. The summed E-state index contributed by atoms with van der Waals surface area (Å²) >= 11 is 0. The van der Waals surface area contributed by atoms with Crippen LogP contribution < -0.4 is 5.32 Å². The van der Waals surface area contributed by atoms with Crippen LogP contribution in [0, 0.1) is 18.3 Å². The van der Waals surface area contributed by atoms with Gasteiger partial charge >= 0.3 is 0 Å². The Bertz CT molecular complexity index is 401. The summed E-state index contributed by atoms with van der Waals surface area (Å²) in [5, 5.41) is 20.3. The molecule has 86 valence electrons. The van der Waals surface area contributed by atoms with E-state index < -0.39 is 12.5 Å². The van der Waals surface area contributed by atoms with E-state index in [0.717, 1.165) is 5.56 Å². The highest BCUT2D eigenvalue weighted by molar-refractivity contribution is 5.51. The molecular formula is C11H12F2N2O. The molecule has 1 unspecified atom stereocenters. The van der Waals surface area contributed by atoms with Crippen LogP contribution in [0.1, 0.15) is 11.1 Å². The van der Waals surface area contributed by atoms with Crippen molar-refractivity contribution in [3.05, 3.63) is 29.3 Å². The van der Waals surface area contributed by atoms with E-state index in [1.165, 1.54) is 0 Å². The highest BCUT2D eigenvalue weighted by Crippen LogP contribution is 2.14. The van der Waals surface area contributed by atoms with Gasteiger partial charge < -0.3 is 10.4 Å². The third-order valence-electron chi connectivity index (χ3n) is 2.15. The molecule has 2 N–H and O–H groups in total. The van der Waals surface area contributed by atoms with Crippen LogP contribution >= 0.6 is 0 Å². The molecule has 0 aliphatic carbocycles. The molecular weight excluding hydrogens is 214 g/mol. The van der Waals surface area contributed by atoms with Gasteiger partial charge in [0.15, 0.2) is 0 Å². The first-order valence-electron chi connectivity index (χ1n) is 4.75. The van der Waals surface area contributed by atoms with Gasteiger partial charge in [0.25, 0.3) is 6.43 Å². The first kappa shape index (κ1) is 12.4. The molecule has 1 atom stereocenters. The largest absolute Gasteiger partial charge is 0.385 e. The molecule has 3 nitrogen and oxygen atoms in total. The molecule has 0 bridgehead atoms. The predicted octanol–water partition coefficient (Wildman–Crippen LogP) is 1.90. The smallest absolute Gasteiger partial charge is 0.265 e. The summed E-state index contributed by atoms with van der Waals surface area (Å²) < 4.78 is 24.0. The fraction of sp³-hybridized carbons (Fsp3) is 0.364. The van der Waals surface area contributed by atoms with E-state index in [1.807, 2.05) is 6.07 Å². The fourth-order valence-corrected chi connectivity index (χ4v) is 1.21. The fourth-order valence-electron chi connectivity index (χ4n) is 1.21. The second-order valence-electron chi connectivity index (χ2n) is 3.42. The molecule has 16 heavy (non-hydrogen) atoms. The SMILES string of the molecule is Cc1cc(NCC(O)C(F)F)ccc1C#N. The van der Waals surface area contributed by atoms with Gasteiger partial charge in [0, 0.05) is 12.2 Å². The Balaban J connectivity index is 2.63. The van der Waals surface area contributed by atoms with Crippen LogP contribution in [-0.2, 0) is 0 Å². The Morgan fingerprint density at radius 1 is 1.50 bits per heavy atom. The maximum absolute atomic E-state index is 12.0. The van der Waals surface area contributed by atoms with E-state index in [1.54, 1.807) is 25.1 Å². The van der Waals surface area contributed by atoms with Crippen molar-refractivity contribution in [2.24, 2.45) is 0 Å². The molecule has 1 aromatic rings. The highest BCUT2D eigenvalue weighted by atomic mass is 19.3. The number of hydrogen-bond donors (Lipinski definition) is 2. The van der Waals surface area contributed by atoms with Crippen LogP contribution in [0.4, 0.5) is 14.5 Å². The second kappa shape index (κ2) is 5.42. The average Bonchev–Trinajstić information content (AvgIpc) is 2.25. The number of benzene rings is 1. The van der Waals surface area contributed by atoms with Gasteiger partial charge in [-0.25, -0.2) is 8.78 Å². The van der Waals surface area contributed by atoms with Crippen molar-refractivity contribution in [1.29, 1.82) is 5.26 Å². The van der Waals surface area contributed by atoms with Crippen molar-refractivity contribution < 1.29 is 13.9 Å². The molecule has 0 aliphatic rings. The van der Waals surface area contributed by atoms with Crippen molar-refractivity contribution in [1.82, 2.24) is 0 Å². The lowest BCUT2D eigenvalue weighted by Crippen LogP contribution is -2.26. The highest BCUT2D eigenvalue weighted by Gasteiger charge is 2.15. The van der Waals surface area contributed by atoms with Crippen molar-refractivity contribution >= 4 is 5.69 Å². The molecule has 0 saturated carbocycles. The molecule has 1 aromatic carbocycles. The molecule has 0 spiro atoms. The number of halogens is 2. The van der Waals surface area contributed by atoms with E-state index in [-0.39, 0.29) is 6.54 Å². The molecule has 0 fully saturated rings. The maximum Gasteiger partial charge on any atom is 0.265 e. The zero-order chi connectivity index (χ0) is 12.1. The Hall–Kier alpha value is -1.67. The molecule has 1 rings (SSSR count). The summed E-state index contributed by atoms with van der Waals surface area (Å²) in [5.74, 6) is 0. The van der Waals surface area contributed by atoms with Gasteiger partial charge in [-0.3, -0.25) is 0 Å². The minimum Gasteiger partial charge on any atom is -0.385 e. The Morgan fingerprint density at radius 3 is 2.69 bits per heavy atom. The van der Waals surface area contributed by atoms with Gasteiger partial charge in [0.2, 0.25) is 0 Å². The maximum atomic E-state index is 12.0.